The highest BCUT2D eigenvalue weighted by molar-refractivity contribution is 6.09. The summed E-state index contributed by atoms with van der Waals surface area (Å²) in [5.41, 5.74) is 2.36. The molecule has 0 aromatic heterocycles. The Kier molecular flexibility index (Phi) is 6.34. The molecule has 2 aliphatic rings. The number of amides is 1. The zero-order valence-corrected chi connectivity index (χ0v) is 15.7. The van der Waals surface area contributed by atoms with Crippen molar-refractivity contribution in [1.29, 1.82) is 0 Å². The first-order valence-electron chi connectivity index (χ1n) is 9.48. The van der Waals surface area contributed by atoms with E-state index in [-0.39, 0.29) is 31.3 Å². The lowest BCUT2D eigenvalue weighted by molar-refractivity contribution is -0.136. The zero-order valence-electron chi connectivity index (χ0n) is 15.7. The topological polar surface area (TPSA) is 82.1 Å². The van der Waals surface area contributed by atoms with Gasteiger partial charge in [0.05, 0.1) is 37.2 Å². The maximum atomic E-state index is 12.7. The molecule has 0 radical (unpaired) electrons. The monoisotopic (exact) mass is 373 g/mol. The molecular weight excluding hydrogens is 346 g/mol. The number of aliphatic hydroxyl groups is 1. The van der Waals surface area contributed by atoms with E-state index in [1.54, 1.807) is 0 Å². The minimum Gasteiger partial charge on any atom is -0.466 e. The second-order valence-corrected chi connectivity index (χ2v) is 6.84. The lowest BCUT2D eigenvalue weighted by atomic mass is 10.2. The summed E-state index contributed by atoms with van der Waals surface area (Å²) < 4.78 is 4.85. The van der Waals surface area contributed by atoms with Crippen LogP contribution < -0.4 is 10.2 Å². The second kappa shape index (κ2) is 8.90. The minimum atomic E-state index is -0.529. The highest BCUT2D eigenvalue weighted by Crippen LogP contribution is 2.31. The normalized spacial score (nSPS) is 17.9. The Labute approximate surface area is 159 Å². The molecule has 1 fully saturated rings. The highest BCUT2D eigenvalue weighted by Gasteiger charge is 2.34. The summed E-state index contributed by atoms with van der Waals surface area (Å²) in [6, 6.07) is 7.85. The molecule has 2 heterocycles. The van der Waals surface area contributed by atoms with Crippen molar-refractivity contribution in [3.05, 3.63) is 35.5 Å². The molecular formula is C20H27N3O4. The Hall–Kier alpha value is -2.54. The van der Waals surface area contributed by atoms with Crippen LogP contribution in [0.3, 0.4) is 0 Å². The highest BCUT2D eigenvalue weighted by atomic mass is 16.5. The van der Waals surface area contributed by atoms with Crippen LogP contribution in [0.1, 0.15) is 25.7 Å². The van der Waals surface area contributed by atoms with Crippen molar-refractivity contribution in [1.82, 2.24) is 4.90 Å². The van der Waals surface area contributed by atoms with E-state index < -0.39 is 5.97 Å². The minimum absolute atomic E-state index is 0.139. The maximum Gasteiger partial charge on any atom is 0.337 e. The lowest BCUT2D eigenvalue weighted by Gasteiger charge is -2.26. The predicted octanol–water partition coefficient (Wildman–Crippen LogP) is 1.74. The molecule has 146 valence electrons. The molecule has 0 spiro atoms. The fourth-order valence-corrected chi connectivity index (χ4v) is 3.65. The number of hydrogen-bond donors (Lipinski definition) is 2. The number of benzene rings is 1. The molecule has 2 N–H and O–H groups in total. The molecule has 1 amide bonds. The van der Waals surface area contributed by atoms with Crippen LogP contribution in [-0.2, 0) is 14.3 Å². The van der Waals surface area contributed by atoms with Gasteiger partial charge in [-0.15, -0.1) is 0 Å². The number of nitrogens with one attached hydrogen (secondary N) is 1. The van der Waals surface area contributed by atoms with Gasteiger partial charge in [-0.2, -0.15) is 0 Å². The van der Waals surface area contributed by atoms with Crippen molar-refractivity contribution in [2.75, 3.05) is 50.1 Å². The second-order valence-electron chi connectivity index (χ2n) is 6.84. The quantitative estimate of drug-likeness (QED) is 0.739. The summed E-state index contributed by atoms with van der Waals surface area (Å²) in [5.74, 6) is -0.825. The fraction of sp³-hybridized carbons (Fsp3) is 0.500. The zero-order chi connectivity index (χ0) is 19.2. The van der Waals surface area contributed by atoms with Gasteiger partial charge in [-0.25, -0.2) is 4.79 Å². The Morgan fingerprint density at radius 3 is 2.56 bits per heavy atom. The number of aliphatic hydroxyl groups excluding tert-OH is 1. The van der Waals surface area contributed by atoms with Gasteiger partial charge >= 0.3 is 5.97 Å². The van der Waals surface area contributed by atoms with E-state index >= 15 is 0 Å². The van der Waals surface area contributed by atoms with E-state index in [1.807, 2.05) is 24.3 Å². The first-order valence-corrected chi connectivity index (χ1v) is 9.48. The van der Waals surface area contributed by atoms with E-state index in [0.717, 1.165) is 37.3 Å². The Bertz CT molecular complexity index is 724. The molecule has 1 aromatic rings. The van der Waals surface area contributed by atoms with Crippen LogP contribution in [0.4, 0.5) is 11.4 Å². The van der Waals surface area contributed by atoms with Crippen molar-refractivity contribution < 1.29 is 19.4 Å². The number of rotatable bonds is 6. The number of nitrogens with zero attached hydrogens (tertiary/aromatic N) is 2. The van der Waals surface area contributed by atoms with Gasteiger partial charge in [-0.1, -0.05) is 25.0 Å². The smallest absolute Gasteiger partial charge is 0.337 e. The van der Waals surface area contributed by atoms with Crippen LogP contribution in [0.25, 0.3) is 0 Å². The van der Waals surface area contributed by atoms with E-state index in [2.05, 4.69) is 10.2 Å². The van der Waals surface area contributed by atoms with Crippen LogP contribution in [0, 0.1) is 0 Å². The van der Waals surface area contributed by atoms with E-state index in [9.17, 15) is 14.7 Å². The number of ether oxygens (including phenoxy) is 1. The van der Waals surface area contributed by atoms with Crippen molar-refractivity contribution >= 4 is 23.3 Å². The molecule has 3 rings (SSSR count). The number of esters is 1. The van der Waals surface area contributed by atoms with Gasteiger partial charge in [0.2, 0.25) is 0 Å². The molecule has 0 unspecified atom stereocenters. The molecule has 1 saturated heterocycles. The van der Waals surface area contributed by atoms with Gasteiger partial charge in [-0.3, -0.25) is 4.79 Å². The SMILES string of the molecule is COC(=O)C1=C(Nc2ccccc2N2CCCCCC2)C(=O)N(CCO)C1. The van der Waals surface area contributed by atoms with Gasteiger partial charge < -0.3 is 25.0 Å². The summed E-state index contributed by atoms with van der Waals surface area (Å²) in [7, 11) is 1.30. The Morgan fingerprint density at radius 2 is 1.89 bits per heavy atom. The molecule has 0 aliphatic carbocycles. The van der Waals surface area contributed by atoms with Crippen molar-refractivity contribution in [2.24, 2.45) is 0 Å². The lowest BCUT2D eigenvalue weighted by Crippen LogP contribution is -2.31. The first kappa shape index (κ1) is 19.2. The Balaban J connectivity index is 1.90. The molecule has 7 heteroatoms. The summed E-state index contributed by atoms with van der Waals surface area (Å²) >= 11 is 0. The number of anilines is 2. The summed E-state index contributed by atoms with van der Waals surface area (Å²) in [6.45, 7) is 2.12. The van der Waals surface area contributed by atoms with Crippen molar-refractivity contribution in [3.8, 4) is 0 Å². The standard InChI is InChI=1S/C20H27N3O4/c1-27-20(26)15-14-23(12-13-24)19(25)18(15)21-16-8-4-5-9-17(16)22-10-6-2-3-7-11-22/h4-5,8-9,21,24H,2-3,6-7,10-14H2,1H3. The van der Waals surface area contributed by atoms with Gasteiger partial charge in [0.15, 0.2) is 0 Å². The first-order chi connectivity index (χ1) is 13.2. The molecule has 2 aliphatic heterocycles. The molecule has 0 bridgehead atoms. The largest absolute Gasteiger partial charge is 0.466 e. The summed E-state index contributed by atoms with van der Waals surface area (Å²) in [6.07, 6.45) is 4.76. The summed E-state index contributed by atoms with van der Waals surface area (Å²) in [4.78, 5) is 28.7. The average Bonchev–Trinajstić information content (AvgIpc) is 2.87. The molecule has 7 nitrogen and oxygen atoms in total. The number of β-amino-alcohol motifs (C(OH)–C–C–N with tert-alkyl or cyclic N) is 1. The van der Waals surface area contributed by atoms with Crippen LogP contribution in [0.15, 0.2) is 35.5 Å². The van der Waals surface area contributed by atoms with Crippen LogP contribution in [0.5, 0.6) is 0 Å². The fourth-order valence-electron chi connectivity index (χ4n) is 3.65. The van der Waals surface area contributed by atoms with Crippen LogP contribution >= 0.6 is 0 Å². The van der Waals surface area contributed by atoms with Crippen molar-refractivity contribution in [3.63, 3.8) is 0 Å². The molecule has 0 atom stereocenters. The van der Waals surface area contributed by atoms with Crippen LogP contribution in [-0.4, -0.2) is 61.8 Å². The van der Waals surface area contributed by atoms with Crippen molar-refractivity contribution in [2.45, 2.75) is 25.7 Å². The van der Waals surface area contributed by atoms with E-state index in [4.69, 9.17) is 4.74 Å². The number of para-hydroxylation sites is 2. The number of methoxy groups -OCH3 is 1. The molecule has 27 heavy (non-hydrogen) atoms. The maximum absolute atomic E-state index is 12.7. The van der Waals surface area contributed by atoms with E-state index in [1.165, 1.54) is 24.9 Å². The third-order valence-electron chi connectivity index (χ3n) is 5.06. The molecule has 0 saturated carbocycles. The van der Waals surface area contributed by atoms with Crippen LogP contribution in [0.2, 0.25) is 0 Å². The number of carbonyl (C=O) groups excluding carboxylic acids is 2. The van der Waals surface area contributed by atoms with Gasteiger partial charge in [0.1, 0.15) is 5.70 Å². The number of hydrogen-bond acceptors (Lipinski definition) is 6. The van der Waals surface area contributed by atoms with Gasteiger partial charge in [0, 0.05) is 19.6 Å². The van der Waals surface area contributed by atoms with E-state index in [0.29, 0.717) is 5.57 Å². The molecule has 1 aromatic carbocycles. The Morgan fingerprint density at radius 1 is 1.19 bits per heavy atom. The van der Waals surface area contributed by atoms with Gasteiger partial charge in [0.25, 0.3) is 5.91 Å². The average molecular weight is 373 g/mol. The predicted molar refractivity (Wildman–Crippen MR) is 103 cm³/mol. The number of carbonyl (C=O) groups is 2. The third-order valence-corrected chi connectivity index (χ3v) is 5.06. The van der Waals surface area contributed by atoms with Gasteiger partial charge in [-0.05, 0) is 25.0 Å². The summed E-state index contributed by atoms with van der Waals surface area (Å²) in [5, 5.41) is 12.4. The third kappa shape index (κ3) is 4.24.